The molecule has 0 unspecified atom stereocenters. The van der Waals surface area contributed by atoms with E-state index in [9.17, 15) is 9.59 Å². The molecular formula is C6H12N2O4. The van der Waals surface area contributed by atoms with Crippen molar-refractivity contribution in [2.24, 2.45) is 0 Å². The average molecular weight is 176 g/mol. The summed E-state index contributed by atoms with van der Waals surface area (Å²) < 4.78 is 0. The van der Waals surface area contributed by atoms with Gasteiger partial charge in [-0.25, -0.2) is 4.79 Å². The van der Waals surface area contributed by atoms with Crippen molar-refractivity contribution in [2.45, 2.75) is 6.42 Å². The first-order valence-electron chi connectivity index (χ1n) is 3.34. The highest BCUT2D eigenvalue weighted by Gasteiger charge is 2.10. The van der Waals surface area contributed by atoms with Gasteiger partial charge in [0.25, 0.3) is 0 Å². The molecule has 12 heavy (non-hydrogen) atoms. The molecule has 0 saturated carbocycles. The summed E-state index contributed by atoms with van der Waals surface area (Å²) in [6, 6.07) is 0. The number of carbonyl (C=O) groups is 2. The first kappa shape index (κ1) is 10.7. The van der Waals surface area contributed by atoms with Gasteiger partial charge in [-0.15, -0.1) is 0 Å². The number of hydroxylamine groups is 2. The summed E-state index contributed by atoms with van der Waals surface area (Å²) in [5, 5.41) is 16.9. The first-order valence-corrected chi connectivity index (χ1v) is 3.34. The lowest BCUT2D eigenvalue weighted by Crippen LogP contribution is -2.31. The predicted molar refractivity (Wildman–Crippen MR) is 39.8 cm³/mol. The van der Waals surface area contributed by atoms with Gasteiger partial charge in [-0.2, -0.15) is 5.06 Å². The number of carboxylic acid groups (broad SMARTS) is 1. The van der Waals surface area contributed by atoms with Gasteiger partial charge in [0.15, 0.2) is 0 Å². The Labute approximate surface area is 69.9 Å². The molecule has 0 saturated heterocycles. The third kappa shape index (κ3) is 3.77. The van der Waals surface area contributed by atoms with Crippen LogP contribution in [0, 0.1) is 0 Å². The van der Waals surface area contributed by atoms with Crippen molar-refractivity contribution in [1.82, 2.24) is 9.96 Å². The molecule has 0 aliphatic heterocycles. The van der Waals surface area contributed by atoms with Crippen LogP contribution in [0.4, 0.5) is 4.79 Å². The van der Waals surface area contributed by atoms with Crippen molar-refractivity contribution >= 4 is 12.0 Å². The highest BCUT2D eigenvalue weighted by molar-refractivity contribution is 5.76. The van der Waals surface area contributed by atoms with E-state index >= 15 is 0 Å². The molecular weight excluding hydrogens is 164 g/mol. The van der Waals surface area contributed by atoms with Crippen molar-refractivity contribution in [1.29, 1.82) is 0 Å². The molecule has 0 aromatic carbocycles. The standard InChI is InChI=1S/C6H12N2O4/c1-7(2)5(9)3-4-8(12)6(10)11/h12H,3-4H2,1-2H3,(H,10,11). The molecule has 0 heterocycles. The van der Waals surface area contributed by atoms with Gasteiger partial charge in [-0.1, -0.05) is 0 Å². The molecule has 0 aliphatic carbocycles. The molecule has 0 aromatic heterocycles. The molecule has 0 aliphatic rings. The molecule has 0 atom stereocenters. The van der Waals surface area contributed by atoms with Gasteiger partial charge in [0.2, 0.25) is 5.91 Å². The quantitative estimate of drug-likeness (QED) is 0.462. The Bertz CT molecular complexity index is 180. The molecule has 2 amide bonds. The lowest BCUT2D eigenvalue weighted by Gasteiger charge is -2.13. The Morgan fingerprint density at radius 1 is 1.33 bits per heavy atom. The largest absolute Gasteiger partial charge is 0.463 e. The maximum atomic E-state index is 10.9. The van der Waals surface area contributed by atoms with Crippen molar-refractivity contribution in [3.8, 4) is 0 Å². The van der Waals surface area contributed by atoms with E-state index in [4.69, 9.17) is 10.3 Å². The van der Waals surface area contributed by atoms with Crippen LogP contribution in [0.1, 0.15) is 6.42 Å². The number of hydrogen-bond acceptors (Lipinski definition) is 3. The predicted octanol–water partition coefficient (Wildman–Crippen LogP) is -0.166. The van der Waals surface area contributed by atoms with E-state index in [1.165, 1.54) is 4.90 Å². The van der Waals surface area contributed by atoms with E-state index < -0.39 is 6.09 Å². The van der Waals surface area contributed by atoms with Crippen molar-refractivity contribution in [2.75, 3.05) is 20.6 Å². The molecule has 0 bridgehead atoms. The van der Waals surface area contributed by atoms with Crippen LogP contribution in [0.25, 0.3) is 0 Å². The van der Waals surface area contributed by atoms with E-state index in [2.05, 4.69) is 0 Å². The van der Waals surface area contributed by atoms with E-state index in [-0.39, 0.29) is 23.9 Å². The lowest BCUT2D eigenvalue weighted by molar-refractivity contribution is -0.131. The summed E-state index contributed by atoms with van der Waals surface area (Å²) in [5.41, 5.74) is 0. The summed E-state index contributed by atoms with van der Waals surface area (Å²) in [4.78, 5) is 22.2. The molecule has 6 nitrogen and oxygen atoms in total. The maximum absolute atomic E-state index is 10.9. The SMILES string of the molecule is CN(C)C(=O)CCN(O)C(=O)O. The fraction of sp³-hybridized carbons (Fsp3) is 0.667. The van der Waals surface area contributed by atoms with Gasteiger partial charge < -0.3 is 10.0 Å². The smallest absolute Gasteiger partial charge is 0.431 e. The number of carbonyl (C=O) groups excluding carboxylic acids is 1. The van der Waals surface area contributed by atoms with Crippen LogP contribution in [0.5, 0.6) is 0 Å². The van der Waals surface area contributed by atoms with Gasteiger partial charge in [-0.3, -0.25) is 10.0 Å². The highest BCUT2D eigenvalue weighted by atomic mass is 16.6. The third-order valence-electron chi connectivity index (χ3n) is 1.26. The van der Waals surface area contributed by atoms with E-state index in [0.717, 1.165) is 0 Å². The fourth-order valence-electron chi connectivity index (χ4n) is 0.521. The van der Waals surface area contributed by atoms with Crippen LogP contribution < -0.4 is 0 Å². The minimum absolute atomic E-state index is 0.0181. The lowest BCUT2D eigenvalue weighted by atomic mass is 10.4. The Morgan fingerprint density at radius 3 is 2.17 bits per heavy atom. The number of amides is 2. The molecule has 0 aromatic rings. The van der Waals surface area contributed by atoms with Crippen LogP contribution in [-0.2, 0) is 4.79 Å². The fourth-order valence-corrected chi connectivity index (χ4v) is 0.521. The normalized spacial score (nSPS) is 9.25. The van der Waals surface area contributed by atoms with Crippen LogP contribution in [0.2, 0.25) is 0 Å². The minimum Gasteiger partial charge on any atom is -0.463 e. The Kier molecular flexibility index (Phi) is 4.06. The number of rotatable bonds is 3. The first-order chi connectivity index (χ1) is 5.45. The monoisotopic (exact) mass is 176 g/mol. The van der Waals surface area contributed by atoms with Crippen molar-refractivity contribution < 1.29 is 19.9 Å². The zero-order valence-electron chi connectivity index (χ0n) is 7.02. The summed E-state index contributed by atoms with van der Waals surface area (Å²) in [5.74, 6) is -0.227. The Morgan fingerprint density at radius 2 is 1.83 bits per heavy atom. The summed E-state index contributed by atoms with van der Waals surface area (Å²) in [6.45, 7) is -0.202. The van der Waals surface area contributed by atoms with Gasteiger partial charge in [0.05, 0.1) is 6.54 Å². The van der Waals surface area contributed by atoms with Gasteiger partial charge in [-0.05, 0) is 0 Å². The number of nitrogens with zero attached hydrogens (tertiary/aromatic N) is 2. The topological polar surface area (TPSA) is 81.1 Å². The van der Waals surface area contributed by atoms with Crippen molar-refractivity contribution in [3.05, 3.63) is 0 Å². The molecule has 0 radical (unpaired) electrons. The van der Waals surface area contributed by atoms with Gasteiger partial charge >= 0.3 is 6.09 Å². The van der Waals surface area contributed by atoms with Crippen molar-refractivity contribution in [3.63, 3.8) is 0 Å². The van der Waals surface area contributed by atoms with Gasteiger partial charge in [0.1, 0.15) is 0 Å². The average Bonchev–Trinajstić information content (AvgIpc) is 1.98. The molecule has 0 fully saturated rings. The second kappa shape index (κ2) is 4.55. The molecule has 70 valence electrons. The van der Waals surface area contributed by atoms with Crippen LogP contribution in [-0.4, -0.2) is 52.9 Å². The third-order valence-corrected chi connectivity index (χ3v) is 1.26. The Balaban J connectivity index is 3.69. The van der Waals surface area contributed by atoms with E-state index in [0.29, 0.717) is 0 Å². The van der Waals surface area contributed by atoms with Crippen LogP contribution in [0.3, 0.4) is 0 Å². The van der Waals surface area contributed by atoms with E-state index in [1.54, 1.807) is 14.1 Å². The molecule has 0 spiro atoms. The number of hydrogen-bond donors (Lipinski definition) is 2. The highest BCUT2D eigenvalue weighted by Crippen LogP contribution is 1.91. The summed E-state index contributed by atoms with van der Waals surface area (Å²) >= 11 is 0. The second-order valence-electron chi connectivity index (χ2n) is 2.44. The Hall–Kier alpha value is -1.30. The second-order valence-corrected chi connectivity index (χ2v) is 2.44. The molecule has 0 rings (SSSR count). The van der Waals surface area contributed by atoms with Gasteiger partial charge in [0, 0.05) is 20.5 Å². The van der Waals surface area contributed by atoms with Crippen LogP contribution >= 0.6 is 0 Å². The summed E-state index contributed by atoms with van der Waals surface area (Å²) in [7, 11) is 3.12. The van der Waals surface area contributed by atoms with Crippen LogP contribution in [0.15, 0.2) is 0 Å². The van der Waals surface area contributed by atoms with E-state index in [1.807, 2.05) is 0 Å². The maximum Gasteiger partial charge on any atom is 0.431 e. The molecule has 2 N–H and O–H groups in total. The zero-order valence-corrected chi connectivity index (χ0v) is 7.02. The molecule has 6 heteroatoms. The zero-order chi connectivity index (χ0) is 9.72. The minimum atomic E-state index is -1.46. The summed E-state index contributed by atoms with van der Waals surface area (Å²) in [6.07, 6.45) is -1.47.